The van der Waals surface area contributed by atoms with Crippen LogP contribution < -0.4 is 0 Å². The molecule has 2 nitrogen and oxygen atoms in total. The van der Waals surface area contributed by atoms with Gasteiger partial charge in [0.25, 0.3) is 0 Å². The van der Waals surface area contributed by atoms with E-state index in [0.29, 0.717) is 0 Å². The van der Waals surface area contributed by atoms with Crippen LogP contribution in [0.3, 0.4) is 0 Å². The first-order chi connectivity index (χ1) is 11.8. The van der Waals surface area contributed by atoms with Crippen LogP contribution in [-0.4, -0.2) is 12.6 Å². The number of hydrogen-bond acceptors (Lipinski definition) is 2. The van der Waals surface area contributed by atoms with Gasteiger partial charge >= 0.3 is 5.97 Å². The van der Waals surface area contributed by atoms with Crippen LogP contribution in [0.15, 0.2) is 91.0 Å². The predicted molar refractivity (Wildman–Crippen MR) is 91.3 cm³/mol. The van der Waals surface area contributed by atoms with Gasteiger partial charge in [0, 0.05) is 16.7 Å². The van der Waals surface area contributed by atoms with E-state index in [1.807, 2.05) is 91.0 Å². The highest BCUT2D eigenvalue weighted by molar-refractivity contribution is 5.73. The zero-order valence-electron chi connectivity index (χ0n) is 13.1. The lowest BCUT2D eigenvalue weighted by Crippen LogP contribution is -2.35. The third kappa shape index (κ3) is 2.93. The van der Waals surface area contributed by atoms with Crippen LogP contribution >= 0.6 is 0 Å². The summed E-state index contributed by atoms with van der Waals surface area (Å²) in [6.07, 6.45) is 0. The first kappa shape index (κ1) is 15.9. The monoisotopic (exact) mass is 320 g/mol. The van der Waals surface area contributed by atoms with Crippen LogP contribution in [0, 0.1) is 0 Å². The molecule has 0 bridgehead atoms. The second kappa shape index (κ2) is 7.09. The van der Waals surface area contributed by atoms with Crippen LogP contribution in [0.4, 0.5) is 4.39 Å². The molecule has 0 aliphatic carbocycles. The van der Waals surface area contributed by atoms with Gasteiger partial charge in [0.15, 0.2) is 12.3 Å². The van der Waals surface area contributed by atoms with E-state index in [-0.39, 0.29) is 0 Å². The highest BCUT2D eigenvalue weighted by Gasteiger charge is 2.40. The van der Waals surface area contributed by atoms with Gasteiger partial charge in [0.1, 0.15) is 0 Å². The number of alkyl halides is 1. The van der Waals surface area contributed by atoms with Crippen molar-refractivity contribution < 1.29 is 13.9 Å². The van der Waals surface area contributed by atoms with Crippen molar-refractivity contribution in [2.45, 2.75) is 5.60 Å². The number of ether oxygens (including phenoxy) is 1. The Hall–Kier alpha value is -2.94. The molecule has 0 unspecified atom stereocenters. The van der Waals surface area contributed by atoms with Gasteiger partial charge in [-0.05, 0) is 0 Å². The van der Waals surface area contributed by atoms with E-state index in [1.54, 1.807) is 0 Å². The van der Waals surface area contributed by atoms with E-state index in [2.05, 4.69) is 0 Å². The average molecular weight is 320 g/mol. The Morgan fingerprint density at radius 1 is 0.708 bits per heavy atom. The van der Waals surface area contributed by atoms with Crippen LogP contribution in [0.25, 0.3) is 0 Å². The van der Waals surface area contributed by atoms with Crippen molar-refractivity contribution in [2.24, 2.45) is 0 Å². The maximum atomic E-state index is 13.0. The molecule has 24 heavy (non-hydrogen) atoms. The van der Waals surface area contributed by atoms with E-state index >= 15 is 0 Å². The van der Waals surface area contributed by atoms with Crippen molar-refractivity contribution in [1.82, 2.24) is 0 Å². The summed E-state index contributed by atoms with van der Waals surface area (Å²) in [5, 5.41) is 0. The van der Waals surface area contributed by atoms with Crippen LogP contribution in [-0.2, 0) is 15.1 Å². The molecule has 0 amide bonds. The minimum Gasteiger partial charge on any atom is -0.442 e. The molecule has 0 aromatic heterocycles. The average Bonchev–Trinajstić information content (AvgIpc) is 2.68. The van der Waals surface area contributed by atoms with Gasteiger partial charge in [-0.1, -0.05) is 91.0 Å². The highest BCUT2D eigenvalue weighted by Crippen LogP contribution is 2.40. The molecular formula is C21H17FO2. The summed E-state index contributed by atoms with van der Waals surface area (Å²) in [5.74, 6) is -0.897. The maximum Gasteiger partial charge on any atom is 0.339 e. The summed E-state index contributed by atoms with van der Waals surface area (Å²) in [7, 11) is 0. The summed E-state index contributed by atoms with van der Waals surface area (Å²) < 4.78 is 18.7. The van der Waals surface area contributed by atoms with Crippen molar-refractivity contribution >= 4 is 5.97 Å². The Kier molecular flexibility index (Phi) is 4.71. The van der Waals surface area contributed by atoms with Crippen molar-refractivity contribution in [3.05, 3.63) is 108 Å². The van der Waals surface area contributed by atoms with E-state index in [9.17, 15) is 9.18 Å². The number of benzene rings is 3. The minimum atomic E-state index is -1.19. The summed E-state index contributed by atoms with van der Waals surface area (Å²) >= 11 is 0. The summed E-state index contributed by atoms with van der Waals surface area (Å²) in [6, 6.07) is 28.2. The number of hydrogen-bond donors (Lipinski definition) is 0. The first-order valence-electron chi connectivity index (χ1n) is 7.72. The lowest BCUT2D eigenvalue weighted by molar-refractivity contribution is -0.154. The minimum absolute atomic E-state index is 0.768. The van der Waals surface area contributed by atoms with Crippen LogP contribution in [0.5, 0.6) is 0 Å². The van der Waals surface area contributed by atoms with E-state index in [1.165, 1.54) is 0 Å². The van der Waals surface area contributed by atoms with Gasteiger partial charge < -0.3 is 4.74 Å². The third-order valence-corrected chi connectivity index (χ3v) is 3.92. The Balaban J connectivity index is 2.30. The van der Waals surface area contributed by atoms with Gasteiger partial charge in [-0.25, -0.2) is 9.18 Å². The Bertz CT molecular complexity index is 689. The largest absolute Gasteiger partial charge is 0.442 e. The standard InChI is InChI=1S/C21H17FO2/c22-16-20(23)24-21(17-10-4-1-5-11-17,18-12-6-2-7-13-18)19-14-8-3-9-15-19/h1-15H,16H2. The quantitative estimate of drug-likeness (QED) is 0.511. The normalized spacial score (nSPS) is 11.0. The number of rotatable bonds is 5. The van der Waals surface area contributed by atoms with Crippen molar-refractivity contribution in [3.63, 3.8) is 0 Å². The number of halogens is 1. The Morgan fingerprint density at radius 3 is 1.33 bits per heavy atom. The van der Waals surface area contributed by atoms with Crippen molar-refractivity contribution in [3.8, 4) is 0 Å². The SMILES string of the molecule is O=C(CF)OC(c1ccccc1)(c1ccccc1)c1ccccc1. The zero-order chi connectivity index (χ0) is 16.8. The lowest BCUT2D eigenvalue weighted by atomic mass is 9.80. The van der Waals surface area contributed by atoms with Gasteiger partial charge in [-0.3, -0.25) is 0 Å². The molecule has 3 rings (SSSR count). The molecule has 0 fully saturated rings. The highest BCUT2D eigenvalue weighted by atomic mass is 19.1. The van der Waals surface area contributed by atoms with Gasteiger partial charge in [-0.2, -0.15) is 0 Å². The molecule has 0 saturated heterocycles. The third-order valence-electron chi connectivity index (χ3n) is 3.92. The van der Waals surface area contributed by atoms with E-state index in [4.69, 9.17) is 4.74 Å². The number of esters is 1. The summed E-state index contributed by atoms with van der Waals surface area (Å²) in [5.41, 5.74) is 1.12. The molecule has 0 aliphatic heterocycles. The molecule has 3 aromatic carbocycles. The van der Waals surface area contributed by atoms with E-state index < -0.39 is 18.2 Å². The van der Waals surface area contributed by atoms with Crippen molar-refractivity contribution in [1.29, 1.82) is 0 Å². The Morgan fingerprint density at radius 2 is 1.04 bits per heavy atom. The molecule has 0 radical (unpaired) electrons. The molecular weight excluding hydrogens is 303 g/mol. The molecule has 0 atom stereocenters. The first-order valence-corrected chi connectivity index (χ1v) is 7.72. The van der Waals surface area contributed by atoms with Crippen LogP contribution in [0.1, 0.15) is 16.7 Å². The second-order valence-electron chi connectivity index (χ2n) is 5.39. The number of carbonyl (C=O) groups excluding carboxylic acids is 1. The molecule has 0 spiro atoms. The molecule has 3 heteroatoms. The molecule has 0 aliphatic rings. The molecule has 3 aromatic rings. The lowest BCUT2D eigenvalue weighted by Gasteiger charge is -2.35. The second-order valence-corrected chi connectivity index (χ2v) is 5.39. The fourth-order valence-electron chi connectivity index (χ4n) is 2.89. The zero-order valence-corrected chi connectivity index (χ0v) is 13.1. The van der Waals surface area contributed by atoms with Gasteiger partial charge in [-0.15, -0.1) is 0 Å². The topological polar surface area (TPSA) is 26.3 Å². The van der Waals surface area contributed by atoms with Gasteiger partial charge in [0.05, 0.1) is 0 Å². The fraction of sp³-hybridized carbons (Fsp3) is 0.0952. The molecule has 0 N–H and O–H groups in total. The molecule has 120 valence electrons. The fourth-order valence-corrected chi connectivity index (χ4v) is 2.89. The Labute approximate surface area is 140 Å². The van der Waals surface area contributed by atoms with Crippen LogP contribution in [0.2, 0.25) is 0 Å². The van der Waals surface area contributed by atoms with E-state index in [0.717, 1.165) is 16.7 Å². The maximum absolute atomic E-state index is 13.0. The van der Waals surface area contributed by atoms with Gasteiger partial charge in [0.2, 0.25) is 0 Å². The molecule has 0 heterocycles. The van der Waals surface area contributed by atoms with Crippen molar-refractivity contribution in [2.75, 3.05) is 6.67 Å². The summed E-state index contributed by atoms with van der Waals surface area (Å²) in [6.45, 7) is -1.17. The summed E-state index contributed by atoms with van der Waals surface area (Å²) in [4.78, 5) is 12.0. The smallest absolute Gasteiger partial charge is 0.339 e. The molecule has 0 saturated carbocycles. The number of carbonyl (C=O) groups is 1. The predicted octanol–water partition coefficient (Wildman–Crippen LogP) is 4.49.